The molecule has 3 nitrogen and oxygen atoms in total. The van der Waals surface area contributed by atoms with Crippen molar-refractivity contribution in [3.05, 3.63) is 70.8 Å². The lowest BCUT2D eigenvalue weighted by atomic mass is 10.2. The third kappa shape index (κ3) is 3.98. The molecule has 0 aliphatic carbocycles. The lowest BCUT2D eigenvalue weighted by molar-refractivity contribution is -0.126. The first-order chi connectivity index (χ1) is 11.6. The monoisotopic (exact) mass is 340 g/mol. The zero-order valence-corrected chi connectivity index (χ0v) is 14.5. The van der Waals surface area contributed by atoms with Gasteiger partial charge in [-0.05, 0) is 42.3 Å². The fraction of sp³-hybridized carbons (Fsp3) is 0.250. The molecule has 0 bridgehead atoms. The maximum atomic E-state index is 12.4. The van der Waals surface area contributed by atoms with Crippen LogP contribution in [0.25, 0.3) is 6.08 Å². The largest absolute Gasteiger partial charge is 0.368 e. The molecule has 2 aromatic carbocycles. The number of piperazine rings is 1. The number of aryl methyl sites for hydroxylation is 1. The van der Waals surface area contributed by atoms with E-state index in [-0.39, 0.29) is 5.91 Å². The molecule has 2 aromatic rings. The standard InChI is InChI=1S/C20H21ClN2O/c1-16-5-4-7-18(15-16)22-11-13-23(14-12-22)20(24)10-9-17-6-2-3-8-19(17)21/h2-10,15H,11-14H2,1H3/b10-9+. The molecule has 0 N–H and O–H groups in total. The zero-order chi connectivity index (χ0) is 16.9. The fourth-order valence-electron chi connectivity index (χ4n) is 2.89. The minimum atomic E-state index is 0.0406. The normalized spacial score (nSPS) is 15.1. The molecule has 4 heteroatoms. The molecule has 1 saturated heterocycles. The van der Waals surface area contributed by atoms with E-state index >= 15 is 0 Å². The van der Waals surface area contributed by atoms with Crippen molar-refractivity contribution in [2.24, 2.45) is 0 Å². The van der Waals surface area contributed by atoms with Gasteiger partial charge in [-0.25, -0.2) is 0 Å². The van der Waals surface area contributed by atoms with Crippen LogP contribution in [0.15, 0.2) is 54.6 Å². The maximum absolute atomic E-state index is 12.4. The van der Waals surface area contributed by atoms with Gasteiger partial charge in [-0.1, -0.05) is 41.9 Å². The molecule has 124 valence electrons. The van der Waals surface area contributed by atoms with Crippen LogP contribution < -0.4 is 4.90 Å². The lowest BCUT2D eigenvalue weighted by Gasteiger charge is -2.35. The Hall–Kier alpha value is -2.26. The Bertz CT molecular complexity index is 749. The highest BCUT2D eigenvalue weighted by Crippen LogP contribution is 2.19. The summed E-state index contributed by atoms with van der Waals surface area (Å²) in [5, 5.41) is 0.658. The molecule has 0 atom stereocenters. The molecular weight excluding hydrogens is 320 g/mol. The predicted molar refractivity (Wildman–Crippen MR) is 100 cm³/mol. The molecule has 1 aliphatic heterocycles. The molecule has 0 saturated carbocycles. The molecule has 1 amide bonds. The van der Waals surface area contributed by atoms with Gasteiger partial charge in [0.15, 0.2) is 0 Å². The number of amides is 1. The van der Waals surface area contributed by atoms with E-state index in [2.05, 4.69) is 36.1 Å². The van der Waals surface area contributed by atoms with Crippen molar-refractivity contribution in [2.75, 3.05) is 31.1 Å². The van der Waals surface area contributed by atoms with Crippen molar-refractivity contribution in [1.29, 1.82) is 0 Å². The molecule has 1 heterocycles. The minimum absolute atomic E-state index is 0.0406. The number of carbonyl (C=O) groups is 1. The maximum Gasteiger partial charge on any atom is 0.246 e. The van der Waals surface area contributed by atoms with Gasteiger partial charge in [-0.3, -0.25) is 4.79 Å². The highest BCUT2D eigenvalue weighted by Gasteiger charge is 2.19. The second-order valence-corrected chi connectivity index (χ2v) is 6.41. The van der Waals surface area contributed by atoms with Crippen molar-refractivity contribution in [1.82, 2.24) is 4.90 Å². The molecular formula is C20H21ClN2O. The molecule has 0 radical (unpaired) electrons. The molecule has 1 fully saturated rings. The first-order valence-corrected chi connectivity index (χ1v) is 8.54. The number of anilines is 1. The number of benzene rings is 2. The van der Waals surface area contributed by atoms with Gasteiger partial charge in [0.05, 0.1) is 0 Å². The van der Waals surface area contributed by atoms with Gasteiger partial charge < -0.3 is 9.80 Å². The summed E-state index contributed by atoms with van der Waals surface area (Å²) in [6, 6.07) is 16.0. The van der Waals surface area contributed by atoms with E-state index in [0.717, 1.165) is 31.7 Å². The van der Waals surface area contributed by atoms with E-state index in [1.54, 1.807) is 12.2 Å². The molecule has 0 spiro atoms. The summed E-state index contributed by atoms with van der Waals surface area (Å²) in [5.41, 5.74) is 3.35. The summed E-state index contributed by atoms with van der Waals surface area (Å²) in [5.74, 6) is 0.0406. The van der Waals surface area contributed by atoms with Crippen molar-refractivity contribution in [3.63, 3.8) is 0 Å². The van der Waals surface area contributed by atoms with E-state index in [1.165, 1.54) is 11.3 Å². The second-order valence-electron chi connectivity index (χ2n) is 6.01. The summed E-state index contributed by atoms with van der Waals surface area (Å²) in [6.07, 6.45) is 3.40. The average Bonchev–Trinajstić information content (AvgIpc) is 2.61. The molecule has 24 heavy (non-hydrogen) atoms. The number of hydrogen-bond donors (Lipinski definition) is 0. The highest BCUT2D eigenvalue weighted by molar-refractivity contribution is 6.32. The Morgan fingerprint density at radius 1 is 1.04 bits per heavy atom. The third-order valence-electron chi connectivity index (χ3n) is 4.27. The van der Waals surface area contributed by atoms with Gasteiger partial charge in [0.25, 0.3) is 0 Å². The quantitative estimate of drug-likeness (QED) is 0.788. The van der Waals surface area contributed by atoms with Crippen LogP contribution in [0.5, 0.6) is 0 Å². The summed E-state index contributed by atoms with van der Waals surface area (Å²) in [7, 11) is 0. The van der Waals surface area contributed by atoms with E-state index in [0.29, 0.717) is 5.02 Å². The summed E-state index contributed by atoms with van der Waals surface area (Å²) in [6.45, 7) is 5.28. The van der Waals surface area contributed by atoms with Gasteiger partial charge in [0.1, 0.15) is 0 Å². The first-order valence-electron chi connectivity index (χ1n) is 8.16. The minimum Gasteiger partial charge on any atom is -0.368 e. The fourth-order valence-corrected chi connectivity index (χ4v) is 3.09. The molecule has 0 unspecified atom stereocenters. The molecule has 3 rings (SSSR count). The number of carbonyl (C=O) groups excluding carboxylic acids is 1. The zero-order valence-electron chi connectivity index (χ0n) is 13.8. The van der Waals surface area contributed by atoms with Crippen molar-refractivity contribution >= 4 is 29.3 Å². The lowest BCUT2D eigenvalue weighted by Crippen LogP contribution is -2.48. The van der Waals surface area contributed by atoms with Crippen LogP contribution in [0, 0.1) is 6.92 Å². The highest BCUT2D eigenvalue weighted by atomic mass is 35.5. The van der Waals surface area contributed by atoms with Crippen LogP contribution in [0.3, 0.4) is 0 Å². The van der Waals surface area contributed by atoms with E-state index in [9.17, 15) is 4.79 Å². The average molecular weight is 341 g/mol. The second kappa shape index (κ2) is 7.54. The topological polar surface area (TPSA) is 23.6 Å². The van der Waals surface area contributed by atoms with Crippen molar-refractivity contribution < 1.29 is 4.79 Å². The Labute approximate surface area is 148 Å². The van der Waals surface area contributed by atoms with Gasteiger partial charge in [0.2, 0.25) is 5.91 Å². The Kier molecular flexibility index (Phi) is 5.21. The number of rotatable bonds is 3. The van der Waals surface area contributed by atoms with Crippen LogP contribution in [0.1, 0.15) is 11.1 Å². The summed E-state index contributed by atoms with van der Waals surface area (Å²) in [4.78, 5) is 16.6. The van der Waals surface area contributed by atoms with Gasteiger partial charge in [-0.2, -0.15) is 0 Å². The Morgan fingerprint density at radius 2 is 1.79 bits per heavy atom. The van der Waals surface area contributed by atoms with Gasteiger partial charge in [0, 0.05) is 43.0 Å². The Morgan fingerprint density at radius 3 is 2.50 bits per heavy atom. The van der Waals surface area contributed by atoms with E-state index in [1.807, 2.05) is 29.2 Å². The van der Waals surface area contributed by atoms with Crippen LogP contribution >= 0.6 is 11.6 Å². The number of hydrogen-bond acceptors (Lipinski definition) is 2. The SMILES string of the molecule is Cc1cccc(N2CCN(C(=O)/C=C/c3ccccc3Cl)CC2)c1. The third-order valence-corrected chi connectivity index (χ3v) is 4.61. The van der Waals surface area contributed by atoms with Crippen molar-refractivity contribution in [3.8, 4) is 0 Å². The van der Waals surface area contributed by atoms with E-state index < -0.39 is 0 Å². The van der Waals surface area contributed by atoms with Crippen molar-refractivity contribution in [2.45, 2.75) is 6.92 Å². The summed E-state index contributed by atoms with van der Waals surface area (Å²) < 4.78 is 0. The van der Waals surface area contributed by atoms with Crippen LogP contribution in [0.2, 0.25) is 5.02 Å². The first kappa shape index (κ1) is 16.6. The Balaban J connectivity index is 1.58. The van der Waals surface area contributed by atoms with Crippen LogP contribution in [-0.4, -0.2) is 37.0 Å². The predicted octanol–water partition coefficient (Wildman–Crippen LogP) is 4.01. The number of halogens is 1. The van der Waals surface area contributed by atoms with E-state index in [4.69, 9.17) is 11.6 Å². The van der Waals surface area contributed by atoms with Gasteiger partial charge >= 0.3 is 0 Å². The van der Waals surface area contributed by atoms with Crippen LogP contribution in [0.4, 0.5) is 5.69 Å². The summed E-state index contributed by atoms with van der Waals surface area (Å²) >= 11 is 6.11. The molecule has 1 aliphatic rings. The van der Waals surface area contributed by atoms with Gasteiger partial charge in [-0.15, -0.1) is 0 Å². The molecule has 0 aromatic heterocycles. The van der Waals surface area contributed by atoms with Crippen LogP contribution in [-0.2, 0) is 4.79 Å². The number of nitrogens with zero attached hydrogens (tertiary/aromatic N) is 2. The smallest absolute Gasteiger partial charge is 0.246 e.